The molecule has 0 spiro atoms. The SMILES string of the molecule is O=C(NCc1ccc(OC(F)(F)F)cc1)c1cnn2c1OCCC2. The average Bonchev–Trinajstić information content (AvgIpc) is 2.96. The number of ether oxygens (including phenoxy) is 2. The van der Waals surface area contributed by atoms with Crippen LogP contribution in [0.1, 0.15) is 22.3 Å². The lowest BCUT2D eigenvalue weighted by atomic mass is 10.2. The second kappa shape index (κ2) is 6.42. The fourth-order valence-electron chi connectivity index (χ4n) is 2.31. The molecule has 0 saturated heterocycles. The van der Waals surface area contributed by atoms with Crippen LogP contribution >= 0.6 is 0 Å². The quantitative estimate of drug-likeness (QED) is 0.928. The Balaban J connectivity index is 1.59. The minimum atomic E-state index is -4.72. The van der Waals surface area contributed by atoms with Gasteiger partial charge in [-0.3, -0.25) is 4.79 Å². The van der Waals surface area contributed by atoms with Gasteiger partial charge >= 0.3 is 6.36 Å². The van der Waals surface area contributed by atoms with Gasteiger partial charge in [-0.25, -0.2) is 4.68 Å². The van der Waals surface area contributed by atoms with Gasteiger partial charge in [-0.1, -0.05) is 12.1 Å². The predicted octanol–water partition coefficient (Wildman–Crippen LogP) is 2.49. The molecule has 1 aromatic heterocycles. The normalized spacial score (nSPS) is 13.8. The molecule has 0 unspecified atom stereocenters. The van der Waals surface area contributed by atoms with Crippen molar-refractivity contribution in [2.24, 2.45) is 0 Å². The molecule has 2 aromatic rings. The van der Waals surface area contributed by atoms with E-state index in [9.17, 15) is 18.0 Å². The monoisotopic (exact) mass is 341 g/mol. The molecule has 0 aliphatic carbocycles. The zero-order valence-corrected chi connectivity index (χ0v) is 12.5. The summed E-state index contributed by atoms with van der Waals surface area (Å²) >= 11 is 0. The van der Waals surface area contributed by atoms with Gasteiger partial charge in [-0.05, 0) is 17.7 Å². The van der Waals surface area contributed by atoms with Crippen LogP contribution in [0.2, 0.25) is 0 Å². The number of aromatic nitrogens is 2. The Kier molecular flexibility index (Phi) is 4.32. The Morgan fingerprint density at radius 3 is 2.79 bits per heavy atom. The van der Waals surface area contributed by atoms with Crippen molar-refractivity contribution >= 4 is 5.91 Å². The highest BCUT2D eigenvalue weighted by molar-refractivity contribution is 5.96. The summed E-state index contributed by atoms with van der Waals surface area (Å²) in [7, 11) is 0. The zero-order chi connectivity index (χ0) is 17.2. The third-order valence-corrected chi connectivity index (χ3v) is 3.40. The van der Waals surface area contributed by atoms with Crippen LogP contribution in [0.3, 0.4) is 0 Å². The number of benzene rings is 1. The topological polar surface area (TPSA) is 65.4 Å². The van der Waals surface area contributed by atoms with E-state index in [2.05, 4.69) is 15.2 Å². The maximum absolute atomic E-state index is 12.2. The number of rotatable bonds is 4. The van der Waals surface area contributed by atoms with Crippen molar-refractivity contribution in [2.45, 2.75) is 25.9 Å². The van der Waals surface area contributed by atoms with E-state index in [1.807, 2.05) is 0 Å². The molecule has 0 fully saturated rings. The Labute approximate surface area is 135 Å². The standard InChI is InChI=1S/C15H14F3N3O3/c16-15(17,18)24-11-4-2-10(3-5-11)8-19-13(22)12-9-20-21-6-1-7-23-14(12)21/h2-5,9H,1,6-8H2,(H,19,22). The Hall–Kier alpha value is -2.71. The molecule has 1 amide bonds. The van der Waals surface area contributed by atoms with Crippen molar-refractivity contribution in [3.05, 3.63) is 41.6 Å². The van der Waals surface area contributed by atoms with Gasteiger partial charge in [0.05, 0.1) is 12.8 Å². The van der Waals surface area contributed by atoms with Crippen LogP contribution in [-0.2, 0) is 13.1 Å². The number of halogens is 3. The molecule has 0 bridgehead atoms. The number of alkyl halides is 3. The van der Waals surface area contributed by atoms with E-state index in [0.717, 1.165) is 6.42 Å². The summed E-state index contributed by atoms with van der Waals surface area (Å²) < 4.78 is 47.1. The molecule has 1 aromatic carbocycles. The maximum atomic E-state index is 12.2. The van der Waals surface area contributed by atoms with Crippen LogP contribution in [0.15, 0.2) is 30.5 Å². The van der Waals surface area contributed by atoms with Crippen LogP contribution < -0.4 is 14.8 Å². The largest absolute Gasteiger partial charge is 0.573 e. The molecule has 128 valence electrons. The van der Waals surface area contributed by atoms with Gasteiger partial charge in [0.1, 0.15) is 11.3 Å². The number of carbonyl (C=O) groups is 1. The predicted molar refractivity (Wildman–Crippen MR) is 76.6 cm³/mol. The Morgan fingerprint density at radius 2 is 2.08 bits per heavy atom. The molecule has 0 atom stereocenters. The van der Waals surface area contributed by atoms with Crippen LogP contribution in [0.4, 0.5) is 13.2 Å². The summed E-state index contributed by atoms with van der Waals surface area (Å²) in [6.07, 6.45) is -2.45. The number of nitrogens with zero attached hydrogens (tertiary/aromatic N) is 2. The maximum Gasteiger partial charge on any atom is 0.573 e. The number of nitrogens with one attached hydrogen (secondary N) is 1. The van der Waals surface area contributed by atoms with E-state index in [1.165, 1.54) is 30.5 Å². The van der Waals surface area contributed by atoms with Gasteiger partial charge in [0.2, 0.25) is 5.88 Å². The van der Waals surface area contributed by atoms with Crippen molar-refractivity contribution in [1.29, 1.82) is 0 Å². The third kappa shape index (κ3) is 3.79. The second-order valence-corrected chi connectivity index (χ2v) is 5.16. The van der Waals surface area contributed by atoms with E-state index in [-0.39, 0.29) is 18.2 Å². The van der Waals surface area contributed by atoms with Gasteiger partial charge in [0.15, 0.2) is 0 Å². The zero-order valence-electron chi connectivity index (χ0n) is 12.5. The van der Waals surface area contributed by atoms with Crippen molar-refractivity contribution in [3.63, 3.8) is 0 Å². The summed E-state index contributed by atoms with van der Waals surface area (Å²) in [4.78, 5) is 12.2. The fourth-order valence-corrected chi connectivity index (χ4v) is 2.31. The van der Waals surface area contributed by atoms with Gasteiger partial charge < -0.3 is 14.8 Å². The first-order chi connectivity index (χ1) is 11.4. The minimum Gasteiger partial charge on any atom is -0.477 e. The van der Waals surface area contributed by atoms with Gasteiger partial charge in [-0.15, -0.1) is 13.2 Å². The van der Waals surface area contributed by atoms with E-state index in [4.69, 9.17) is 4.74 Å². The average molecular weight is 341 g/mol. The summed E-state index contributed by atoms with van der Waals surface area (Å²) in [6.45, 7) is 1.39. The summed E-state index contributed by atoms with van der Waals surface area (Å²) in [5.41, 5.74) is 0.978. The van der Waals surface area contributed by atoms with Gasteiger partial charge in [0.25, 0.3) is 5.91 Å². The molecule has 9 heteroatoms. The highest BCUT2D eigenvalue weighted by atomic mass is 19.4. The lowest BCUT2D eigenvalue weighted by Crippen LogP contribution is -2.24. The second-order valence-electron chi connectivity index (χ2n) is 5.16. The highest BCUT2D eigenvalue weighted by Gasteiger charge is 2.31. The number of hydrogen-bond acceptors (Lipinski definition) is 4. The van der Waals surface area contributed by atoms with Crippen LogP contribution in [-0.4, -0.2) is 28.7 Å². The van der Waals surface area contributed by atoms with E-state index >= 15 is 0 Å². The lowest BCUT2D eigenvalue weighted by molar-refractivity contribution is -0.274. The number of hydrogen-bond donors (Lipinski definition) is 1. The van der Waals surface area contributed by atoms with Crippen molar-refractivity contribution in [1.82, 2.24) is 15.1 Å². The molecule has 0 saturated carbocycles. The molecule has 2 heterocycles. The smallest absolute Gasteiger partial charge is 0.477 e. The van der Waals surface area contributed by atoms with E-state index in [0.29, 0.717) is 30.2 Å². The molecule has 0 radical (unpaired) electrons. The molecule has 1 N–H and O–H groups in total. The van der Waals surface area contributed by atoms with E-state index in [1.54, 1.807) is 4.68 Å². The molecular weight excluding hydrogens is 327 g/mol. The fraction of sp³-hybridized carbons (Fsp3) is 0.333. The van der Waals surface area contributed by atoms with Crippen LogP contribution in [0.5, 0.6) is 11.6 Å². The first-order valence-corrected chi connectivity index (χ1v) is 7.24. The number of carbonyl (C=O) groups excluding carboxylic acids is 1. The van der Waals surface area contributed by atoms with Gasteiger partial charge in [0, 0.05) is 19.5 Å². The van der Waals surface area contributed by atoms with Crippen molar-refractivity contribution in [3.8, 4) is 11.6 Å². The molecule has 1 aliphatic heterocycles. The van der Waals surface area contributed by atoms with E-state index < -0.39 is 6.36 Å². The van der Waals surface area contributed by atoms with Crippen LogP contribution in [0.25, 0.3) is 0 Å². The minimum absolute atomic E-state index is 0.162. The molecule has 1 aliphatic rings. The molecule has 3 rings (SSSR count). The molecular formula is C15H14F3N3O3. The summed E-state index contributed by atoms with van der Waals surface area (Å²) in [5, 5.41) is 6.77. The van der Waals surface area contributed by atoms with Crippen LogP contribution in [0, 0.1) is 0 Å². The Morgan fingerprint density at radius 1 is 1.33 bits per heavy atom. The summed E-state index contributed by atoms with van der Waals surface area (Å²) in [5.74, 6) is -0.224. The highest BCUT2D eigenvalue weighted by Crippen LogP contribution is 2.23. The number of fused-ring (bicyclic) bond motifs is 1. The molecule has 24 heavy (non-hydrogen) atoms. The van der Waals surface area contributed by atoms with Gasteiger partial charge in [-0.2, -0.15) is 5.10 Å². The first-order valence-electron chi connectivity index (χ1n) is 7.24. The Bertz CT molecular complexity index is 726. The third-order valence-electron chi connectivity index (χ3n) is 3.40. The summed E-state index contributed by atoms with van der Waals surface area (Å²) in [6, 6.07) is 5.29. The van der Waals surface area contributed by atoms with Crippen molar-refractivity contribution in [2.75, 3.05) is 6.61 Å². The lowest BCUT2D eigenvalue weighted by Gasteiger charge is -2.15. The number of aryl methyl sites for hydroxylation is 1. The number of amides is 1. The van der Waals surface area contributed by atoms with Crippen molar-refractivity contribution < 1.29 is 27.4 Å². The molecule has 6 nitrogen and oxygen atoms in total. The first kappa shape index (κ1) is 16.2.